The number of furan rings is 1. The molecule has 2 saturated heterocycles. The average Bonchev–Trinajstić information content (AvgIpc) is 3.21. The normalized spacial score (nSPS) is 34.5. The van der Waals surface area contributed by atoms with E-state index in [4.69, 9.17) is 9.15 Å². The van der Waals surface area contributed by atoms with Crippen LogP contribution >= 0.6 is 17.0 Å². The minimum atomic E-state index is -0.619. The molecule has 3 aliphatic rings. The second kappa shape index (κ2) is 5.86. The fraction of sp³-hybridized carbons (Fsp3) is 0.500. The Morgan fingerprint density at radius 2 is 2.25 bits per heavy atom. The van der Waals surface area contributed by atoms with Gasteiger partial charge in [0.1, 0.15) is 11.9 Å². The molecule has 3 unspecified atom stereocenters. The standard InChI is InChI=1S/C18H20N2O3.BrH/c21-17(12-4-9-22-10-12)15-16-13(2-1-6-19-16)23-14-3-7-20-8-5-18(14,15)11-20;/h1-2,4,6,9-10,14-15,17,21H,3,5,7-8,11H2;1H/t14-,15+,17?,18?;/m0./s1. The van der Waals surface area contributed by atoms with Crippen molar-refractivity contribution in [3.8, 4) is 5.75 Å². The Morgan fingerprint density at radius 1 is 1.33 bits per heavy atom. The molecule has 2 bridgehead atoms. The van der Waals surface area contributed by atoms with Gasteiger partial charge in [-0.1, -0.05) is 0 Å². The molecule has 0 saturated carbocycles. The van der Waals surface area contributed by atoms with Crippen LogP contribution in [0.3, 0.4) is 0 Å². The van der Waals surface area contributed by atoms with Gasteiger partial charge in [0.2, 0.25) is 0 Å². The summed E-state index contributed by atoms with van der Waals surface area (Å²) in [4.78, 5) is 7.09. The highest BCUT2D eigenvalue weighted by Gasteiger charge is 2.59. The van der Waals surface area contributed by atoms with E-state index >= 15 is 0 Å². The summed E-state index contributed by atoms with van der Waals surface area (Å²) in [6.07, 6.45) is 6.66. The zero-order valence-corrected chi connectivity index (χ0v) is 15.0. The first-order valence-electron chi connectivity index (χ1n) is 8.32. The van der Waals surface area contributed by atoms with Gasteiger partial charge in [-0.2, -0.15) is 0 Å². The minimum Gasteiger partial charge on any atom is -0.488 e. The smallest absolute Gasteiger partial charge is 0.141 e. The molecule has 0 amide bonds. The van der Waals surface area contributed by atoms with Gasteiger partial charge in [0.05, 0.1) is 24.3 Å². The third-order valence-corrected chi connectivity index (χ3v) is 5.94. The molecule has 5 heterocycles. The number of hydrogen-bond donors (Lipinski definition) is 1. The van der Waals surface area contributed by atoms with Crippen LogP contribution in [0.4, 0.5) is 0 Å². The number of halogens is 1. The van der Waals surface area contributed by atoms with Crippen molar-refractivity contribution in [3.05, 3.63) is 48.2 Å². The van der Waals surface area contributed by atoms with E-state index in [9.17, 15) is 5.11 Å². The van der Waals surface area contributed by atoms with Crippen LogP contribution in [-0.4, -0.2) is 40.7 Å². The first-order chi connectivity index (χ1) is 11.3. The maximum absolute atomic E-state index is 11.2. The van der Waals surface area contributed by atoms with Crippen molar-refractivity contribution >= 4 is 17.0 Å². The third kappa shape index (κ3) is 2.16. The van der Waals surface area contributed by atoms with E-state index in [1.807, 2.05) is 18.2 Å². The van der Waals surface area contributed by atoms with Crippen molar-refractivity contribution in [1.82, 2.24) is 9.88 Å². The van der Waals surface area contributed by atoms with Gasteiger partial charge in [0.15, 0.2) is 0 Å². The summed E-state index contributed by atoms with van der Waals surface area (Å²) in [5.41, 5.74) is 1.66. The van der Waals surface area contributed by atoms with Gasteiger partial charge >= 0.3 is 0 Å². The van der Waals surface area contributed by atoms with Gasteiger partial charge in [-0.3, -0.25) is 4.98 Å². The number of nitrogens with zero attached hydrogens (tertiary/aromatic N) is 2. The van der Waals surface area contributed by atoms with Gasteiger partial charge in [0.25, 0.3) is 0 Å². The van der Waals surface area contributed by atoms with E-state index in [0.717, 1.165) is 49.5 Å². The van der Waals surface area contributed by atoms with E-state index < -0.39 is 6.10 Å². The number of rotatable bonds is 2. The number of aliphatic hydroxyl groups excluding tert-OH is 1. The molecule has 2 aromatic heterocycles. The van der Waals surface area contributed by atoms with Crippen LogP contribution < -0.4 is 4.74 Å². The first kappa shape index (κ1) is 16.1. The van der Waals surface area contributed by atoms with E-state index in [1.54, 1.807) is 18.7 Å². The highest BCUT2D eigenvalue weighted by atomic mass is 79.9. The largest absolute Gasteiger partial charge is 0.488 e. The Hall–Kier alpha value is -1.37. The quantitative estimate of drug-likeness (QED) is 0.851. The summed E-state index contributed by atoms with van der Waals surface area (Å²) in [5.74, 6) is 0.774. The second-order valence-corrected chi connectivity index (χ2v) is 7.02. The number of aromatic nitrogens is 1. The summed E-state index contributed by atoms with van der Waals surface area (Å²) in [7, 11) is 0. The van der Waals surface area contributed by atoms with Crippen LogP contribution in [0.25, 0.3) is 0 Å². The predicted octanol–water partition coefficient (Wildman–Crippen LogP) is 2.93. The van der Waals surface area contributed by atoms with Crippen molar-refractivity contribution in [2.75, 3.05) is 19.6 Å². The van der Waals surface area contributed by atoms with Gasteiger partial charge in [-0.05, 0) is 37.6 Å². The van der Waals surface area contributed by atoms with Crippen LogP contribution in [0.15, 0.2) is 41.3 Å². The molecule has 1 N–H and O–H groups in total. The highest BCUT2D eigenvalue weighted by Crippen LogP contribution is 2.58. The van der Waals surface area contributed by atoms with E-state index in [-0.39, 0.29) is 34.4 Å². The topological polar surface area (TPSA) is 58.7 Å². The minimum absolute atomic E-state index is 0. The van der Waals surface area contributed by atoms with Crippen LogP contribution in [0, 0.1) is 5.41 Å². The molecule has 5 atom stereocenters. The molecule has 2 aromatic rings. The first-order valence-corrected chi connectivity index (χ1v) is 8.32. The van der Waals surface area contributed by atoms with Gasteiger partial charge in [0, 0.05) is 36.2 Å². The molecule has 24 heavy (non-hydrogen) atoms. The monoisotopic (exact) mass is 392 g/mol. The number of aliphatic hydroxyl groups is 1. The Labute approximate surface area is 151 Å². The molecule has 0 aliphatic carbocycles. The molecular weight excluding hydrogens is 372 g/mol. The third-order valence-electron chi connectivity index (χ3n) is 5.94. The lowest BCUT2D eigenvalue weighted by Gasteiger charge is -2.50. The molecule has 1 spiro atoms. The lowest BCUT2D eigenvalue weighted by molar-refractivity contribution is -0.0598. The lowest BCUT2D eigenvalue weighted by Crippen LogP contribution is -2.54. The van der Waals surface area contributed by atoms with Gasteiger partial charge < -0.3 is 19.2 Å². The molecule has 5 nitrogen and oxygen atoms in total. The molecule has 6 heteroatoms. The number of piperidine rings is 1. The average molecular weight is 393 g/mol. The highest BCUT2D eigenvalue weighted by molar-refractivity contribution is 8.93. The molecule has 0 radical (unpaired) electrons. The van der Waals surface area contributed by atoms with Crippen molar-refractivity contribution < 1.29 is 14.3 Å². The maximum atomic E-state index is 11.2. The predicted molar refractivity (Wildman–Crippen MR) is 93.5 cm³/mol. The zero-order valence-electron chi connectivity index (χ0n) is 13.3. The van der Waals surface area contributed by atoms with Gasteiger partial charge in [-0.25, -0.2) is 0 Å². The molecule has 128 valence electrons. The van der Waals surface area contributed by atoms with Crippen LogP contribution in [0.2, 0.25) is 0 Å². The fourth-order valence-corrected chi connectivity index (χ4v) is 4.87. The zero-order chi connectivity index (χ0) is 15.4. The van der Waals surface area contributed by atoms with Crippen molar-refractivity contribution in [3.63, 3.8) is 0 Å². The summed E-state index contributed by atoms with van der Waals surface area (Å²) >= 11 is 0. The molecule has 3 aliphatic heterocycles. The number of hydrogen-bond acceptors (Lipinski definition) is 5. The SMILES string of the molecule is Br.OC(c1ccoc1)[C@H]1c2ncccc2O[C@H]2CCN3CCC21C3. The summed E-state index contributed by atoms with van der Waals surface area (Å²) in [6.45, 7) is 3.14. The van der Waals surface area contributed by atoms with Crippen molar-refractivity contribution in [1.29, 1.82) is 0 Å². The van der Waals surface area contributed by atoms with E-state index in [0.29, 0.717) is 0 Å². The maximum Gasteiger partial charge on any atom is 0.141 e. The van der Waals surface area contributed by atoms with Gasteiger partial charge in [-0.15, -0.1) is 17.0 Å². The van der Waals surface area contributed by atoms with Crippen LogP contribution in [0.1, 0.15) is 36.1 Å². The number of pyridine rings is 1. The Kier molecular flexibility index (Phi) is 3.94. The summed E-state index contributed by atoms with van der Waals surface area (Å²) < 4.78 is 11.5. The second-order valence-electron chi connectivity index (χ2n) is 7.02. The molecule has 5 rings (SSSR count). The van der Waals surface area contributed by atoms with Crippen molar-refractivity contribution in [2.24, 2.45) is 5.41 Å². The van der Waals surface area contributed by atoms with E-state index in [1.165, 1.54) is 0 Å². The Bertz CT molecular complexity index is 723. The van der Waals surface area contributed by atoms with Crippen LogP contribution in [-0.2, 0) is 0 Å². The summed E-state index contributed by atoms with van der Waals surface area (Å²) in [6, 6.07) is 5.73. The number of ether oxygens (including phenoxy) is 1. The molecule has 0 aromatic carbocycles. The fourth-order valence-electron chi connectivity index (χ4n) is 4.87. The van der Waals surface area contributed by atoms with Crippen molar-refractivity contribution in [2.45, 2.75) is 31.0 Å². The molecule has 2 fully saturated rings. The summed E-state index contributed by atoms with van der Waals surface area (Å²) in [5, 5.41) is 11.2. The molecular formula is C18H21BrN2O3. The lowest BCUT2D eigenvalue weighted by atomic mass is 9.63. The van der Waals surface area contributed by atoms with E-state index in [2.05, 4.69) is 9.88 Å². The number of fused-ring (bicyclic) bond motifs is 2. The van der Waals surface area contributed by atoms with Crippen LogP contribution in [0.5, 0.6) is 5.75 Å². The Balaban J connectivity index is 0.00000146. The Morgan fingerprint density at radius 3 is 3.08 bits per heavy atom.